The van der Waals surface area contributed by atoms with Gasteiger partial charge in [0.15, 0.2) is 5.65 Å². The first-order valence-corrected chi connectivity index (χ1v) is 10.1. The van der Waals surface area contributed by atoms with Crippen molar-refractivity contribution in [3.05, 3.63) is 59.8 Å². The van der Waals surface area contributed by atoms with E-state index in [2.05, 4.69) is 25.8 Å². The SMILES string of the molecule is CC(C)NC(=O)N1CC[C@H](c2nnc3ccc(C(=O)NCc4ccccn4)cn23)C1. The second-order valence-corrected chi connectivity index (χ2v) is 7.74. The largest absolute Gasteiger partial charge is 0.346 e. The fraction of sp³-hybridized carbons (Fsp3) is 0.381. The van der Waals surface area contributed by atoms with Gasteiger partial charge in [0.05, 0.1) is 17.8 Å². The van der Waals surface area contributed by atoms with Crippen LogP contribution in [0.2, 0.25) is 0 Å². The summed E-state index contributed by atoms with van der Waals surface area (Å²) in [7, 11) is 0. The van der Waals surface area contributed by atoms with Crippen LogP contribution in [0.1, 0.15) is 48.1 Å². The summed E-state index contributed by atoms with van der Waals surface area (Å²) in [5.74, 6) is 0.653. The number of fused-ring (bicyclic) bond motifs is 1. The molecule has 2 N–H and O–H groups in total. The second-order valence-electron chi connectivity index (χ2n) is 7.74. The van der Waals surface area contributed by atoms with E-state index < -0.39 is 0 Å². The Bertz CT molecular complexity index is 1050. The van der Waals surface area contributed by atoms with Crippen molar-refractivity contribution in [1.29, 1.82) is 0 Å². The van der Waals surface area contributed by atoms with Gasteiger partial charge in [-0.05, 0) is 44.5 Å². The molecule has 9 heteroatoms. The fourth-order valence-electron chi connectivity index (χ4n) is 3.59. The molecule has 0 unspecified atom stereocenters. The molecule has 0 spiro atoms. The zero-order valence-corrected chi connectivity index (χ0v) is 17.1. The number of urea groups is 1. The topological polar surface area (TPSA) is 105 Å². The zero-order valence-electron chi connectivity index (χ0n) is 17.1. The number of carbonyl (C=O) groups excluding carboxylic acids is 2. The molecule has 0 aromatic carbocycles. The summed E-state index contributed by atoms with van der Waals surface area (Å²) in [6.45, 7) is 5.49. The van der Waals surface area contributed by atoms with E-state index in [4.69, 9.17) is 0 Å². The van der Waals surface area contributed by atoms with Crippen LogP contribution in [-0.2, 0) is 6.54 Å². The molecule has 4 heterocycles. The summed E-state index contributed by atoms with van der Waals surface area (Å²) in [4.78, 5) is 30.9. The first-order chi connectivity index (χ1) is 14.5. The lowest BCUT2D eigenvalue weighted by Gasteiger charge is -2.18. The van der Waals surface area contributed by atoms with Gasteiger partial charge in [0.2, 0.25) is 0 Å². The molecule has 3 aromatic heterocycles. The third kappa shape index (κ3) is 4.24. The number of nitrogens with zero attached hydrogens (tertiary/aromatic N) is 5. The van der Waals surface area contributed by atoms with Gasteiger partial charge in [0.25, 0.3) is 5.91 Å². The predicted molar refractivity (Wildman–Crippen MR) is 111 cm³/mol. The summed E-state index contributed by atoms with van der Waals surface area (Å²) in [6, 6.07) is 9.14. The second kappa shape index (κ2) is 8.48. The molecule has 1 saturated heterocycles. The van der Waals surface area contributed by atoms with Gasteiger partial charge in [-0.3, -0.25) is 14.2 Å². The normalized spacial score (nSPS) is 16.2. The van der Waals surface area contributed by atoms with Crippen LogP contribution in [0, 0.1) is 0 Å². The Labute approximate surface area is 174 Å². The number of nitrogens with one attached hydrogen (secondary N) is 2. The van der Waals surface area contributed by atoms with E-state index in [0.717, 1.165) is 17.9 Å². The van der Waals surface area contributed by atoms with Crippen molar-refractivity contribution in [2.24, 2.45) is 0 Å². The average Bonchev–Trinajstić information content (AvgIpc) is 3.38. The van der Waals surface area contributed by atoms with Crippen molar-refractivity contribution in [2.75, 3.05) is 13.1 Å². The molecule has 0 bridgehead atoms. The Balaban J connectivity index is 1.48. The van der Waals surface area contributed by atoms with Crippen molar-refractivity contribution < 1.29 is 9.59 Å². The van der Waals surface area contributed by atoms with Crippen LogP contribution in [0.15, 0.2) is 42.7 Å². The summed E-state index contributed by atoms with van der Waals surface area (Å²) in [5.41, 5.74) is 1.99. The molecule has 0 saturated carbocycles. The molecule has 4 rings (SSSR count). The molecule has 1 aliphatic rings. The standard InChI is InChI=1S/C21H25N7O2/c1-14(2)24-21(30)27-10-8-15(12-27)19-26-25-18-7-6-16(13-28(18)19)20(29)23-11-17-5-3-4-9-22-17/h3-7,9,13-15H,8,10-12H2,1-2H3,(H,23,29)(H,24,30)/t15-/m0/s1. The highest BCUT2D eigenvalue weighted by molar-refractivity contribution is 5.94. The number of rotatable bonds is 5. The molecule has 9 nitrogen and oxygen atoms in total. The number of likely N-dealkylation sites (tertiary alicyclic amines) is 1. The molecule has 0 radical (unpaired) electrons. The highest BCUT2D eigenvalue weighted by atomic mass is 16.2. The number of hydrogen-bond acceptors (Lipinski definition) is 5. The maximum absolute atomic E-state index is 12.6. The molecular weight excluding hydrogens is 382 g/mol. The van der Waals surface area contributed by atoms with Crippen LogP contribution in [-0.4, -0.2) is 55.6 Å². The Kier molecular flexibility index (Phi) is 5.60. The van der Waals surface area contributed by atoms with E-state index in [0.29, 0.717) is 30.8 Å². The first-order valence-electron chi connectivity index (χ1n) is 10.1. The minimum absolute atomic E-state index is 0.0593. The lowest BCUT2D eigenvalue weighted by atomic mass is 10.1. The van der Waals surface area contributed by atoms with Gasteiger partial charge in [-0.2, -0.15) is 0 Å². The van der Waals surface area contributed by atoms with E-state index in [1.165, 1.54) is 0 Å². The summed E-state index contributed by atoms with van der Waals surface area (Å²) in [5, 5.41) is 14.4. The zero-order chi connectivity index (χ0) is 21.1. The van der Waals surface area contributed by atoms with Crippen LogP contribution in [0.3, 0.4) is 0 Å². The lowest BCUT2D eigenvalue weighted by molar-refractivity contribution is 0.0950. The molecule has 3 aromatic rings. The summed E-state index contributed by atoms with van der Waals surface area (Å²) in [6.07, 6.45) is 4.26. The molecular formula is C21H25N7O2. The number of aromatic nitrogens is 4. The van der Waals surface area contributed by atoms with Gasteiger partial charge in [-0.15, -0.1) is 10.2 Å². The maximum Gasteiger partial charge on any atom is 0.317 e. The van der Waals surface area contributed by atoms with Gasteiger partial charge in [0.1, 0.15) is 5.82 Å². The van der Waals surface area contributed by atoms with Crippen molar-refractivity contribution in [2.45, 2.75) is 38.8 Å². The van der Waals surface area contributed by atoms with Gasteiger partial charge in [-0.25, -0.2) is 4.79 Å². The molecule has 30 heavy (non-hydrogen) atoms. The minimum atomic E-state index is -0.188. The Morgan fingerprint density at radius 2 is 2.07 bits per heavy atom. The maximum atomic E-state index is 12.6. The average molecular weight is 407 g/mol. The first kappa shape index (κ1) is 19.8. The summed E-state index contributed by atoms with van der Waals surface area (Å²) >= 11 is 0. The van der Waals surface area contributed by atoms with Crippen molar-refractivity contribution in [3.8, 4) is 0 Å². The Hall–Kier alpha value is -3.49. The molecule has 3 amide bonds. The molecule has 1 aliphatic heterocycles. The van der Waals surface area contributed by atoms with Crippen LogP contribution in [0.4, 0.5) is 4.79 Å². The van der Waals surface area contributed by atoms with E-state index in [9.17, 15) is 9.59 Å². The van der Waals surface area contributed by atoms with Crippen molar-refractivity contribution in [1.82, 2.24) is 35.1 Å². The number of hydrogen-bond donors (Lipinski definition) is 2. The van der Waals surface area contributed by atoms with Crippen LogP contribution < -0.4 is 10.6 Å². The van der Waals surface area contributed by atoms with Gasteiger partial charge in [0, 0.05) is 37.4 Å². The summed E-state index contributed by atoms with van der Waals surface area (Å²) < 4.78 is 1.85. The van der Waals surface area contributed by atoms with E-state index >= 15 is 0 Å². The predicted octanol–water partition coefficient (Wildman–Crippen LogP) is 1.96. The number of pyridine rings is 2. The van der Waals surface area contributed by atoms with Crippen LogP contribution in [0.5, 0.6) is 0 Å². The van der Waals surface area contributed by atoms with E-state index in [1.807, 2.05) is 36.4 Å². The third-order valence-corrected chi connectivity index (χ3v) is 5.10. The fourth-order valence-corrected chi connectivity index (χ4v) is 3.59. The van der Waals surface area contributed by atoms with E-state index in [-0.39, 0.29) is 23.9 Å². The van der Waals surface area contributed by atoms with Crippen LogP contribution in [0.25, 0.3) is 5.65 Å². The van der Waals surface area contributed by atoms with Crippen LogP contribution >= 0.6 is 0 Å². The van der Waals surface area contributed by atoms with Gasteiger partial charge >= 0.3 is 6.03 Å². The van der Waals surface area contributed by atoms with Crippen molar-refractivity contribution in [3.63, 3.8) is 0 Å². The Morgan fingerprint density at radius 1 is 1.20 bits per heavy atom. The smallest absolute Gasteiger partial charge is 0.317 e. The monoisotopic (exact) mass is 407 g/mol. The molecule has 1 atom stereocenters. The Morgan fingerprint density at radius 3 is 2.83 bits per heavy atom. The highest BCUT2D eigenvalue weighted by Gasteiger charge is 2.30. The molecule has 156 valence electrons. The van der Waals surface area contributed by atoms with Gasteiger partial charge < -0.3 is 15.5 Å². The lowest BCUT2D eigenvalue weighted by Crippen LogP contribution is -2.41. The van der Waals surface area contributed by atoms with E-state index in [1.54, 1.807) is 29.4 Å². The highest BCUT2D eigenvalue weighted by Crippen LogP contribution is 2.26. The minimum Gasteiger partial charge on any atom is -0.346 e. The number of carbonyl (C=O) groups is 2. The number of amides is 3. The van der Waals surface area contributed by atoms with Gasteiger partial charge in [-0.1, -0.05) is 6.07 Å². The third-order valence-electron chi connectivity index (χ3n) is 5.10. The molecule has 1 fully saturated rings. The molecule has 0 aliphatic carbocycles. The van der Waals surface area contributed by atoms with Crippen molar-refractivity contribution >= 4 is 17.6 Å². The quantitative estimate of drug-likeness (QED) is 0.673.